The second-order valence-electron chi connectivity index (χ2n) is 5.72. The average molecular weight is 289 g/mol. The summed E-state index contributed by atoms with van der Waals surface area (Å²) in [4.78, 5) is 21.3. The minimum absolute atomic E-state index is 0.349. The molecule has 1 saturated heterocycles. The van der Waals surface area contributed by atoms with Gasteiger partial charge < -0.3 is 10.0 Å². The van der Waals surface area contributed by atoms with E-state index in [9.17, 15) is 4.79 Å². The largest absolute Gasteiger partial charge is 0.465 e. The molecule has 1 unspecified atom stereocenters. The lowest BCUT2D eigenvalue weighted by Gasteiger charge is -2.15. The summed E-state index contributed by atoms with van der Waals surface area (Å²) in [6.07, 6.45) is 0.912. The highest BCUT2D eigenvalue weighted by molar-refractivity contribution is 5.65. The van der Waals surface area contributed by atoms with E-state index in [2.05, 4.69) is 15.1 Å². The molecule has 1 aliphatic rings. The summed E-state index contributed by atoms with van der Waals surface area (Å²) in [6.45, 7) is 7.08. The SMILES string of the molecule is Cc1nc2nc(C)c(CC3CCN(C(=O)O)C3)c(C)n2n1. The summed E-state index contributed by atoms with van der Waals surface area (Å²) in [7, 11) is 0. The molecule has 1 aliphatic heterocycles. The van der Waals surface area contributed by atoms with Gasteiger partial charge in [-0.25, -0.2) is 14.3 Å². The molecule has 1 atom stereocenters. The van der Waals surface area contributed by atoms with Crippen molar-refractivity contribution in [3.8, 4) is 0 Å². The third kappa shape index (κ3) is 2.43. The van der Waals surface area contributed by atoms with Crippen LogP contribution in [0.4, 0.5) is 4.79 Å². The van der Waals surface area contributed by atoms with Gasteiger partial charge in [0.2, 0.25) is 0 Å². The molecule has 0 aliphatic carbocycles. The van der Waals surface area contributed by atoms with Crippen molar-refractivity contribution in [1.29, 1.82) is 0 Å². The Hall–Kier alpha value is -2.18. The van der Waals surface area contributed by atoms with Gasteiger partial charge in [0.15, 0.2) is 0 Å². The second kappa shape index (κ2) is 4.98. The van der Waals surface area contributed by atoms with Crippen LogP contribution in [0.25, 0.3) is 5.78 Å². The van der Waals surface area contributed by atoms with Gasteiger partial charge in [-0.05, 0) is 45.1 Å². The summed E-state index contributed by atoms with van der Waals surface area (Å²) in [5.74, 6) is 1.69. The highest BCUT2D eigenvalue weighted by atomic mass is 16.4. The van der Waals surface area contributed by atoms with E-state index in [1.807, 2.05) is 20.8 Å². The monoisotopic (exact) mass is 289 g/mol. The van der Waals surface area contributed by atoms with Crippen molar-refractivity contribution in [3.05, 3.63) is 22.8 Å². The maximum absolute atomic E-state index is 11.0. The molecular formula is C14H19N5O2. The Morgan fingerprint density at radius 1 is 1.33 bits per heavy atom. The molecule has 0 spiro atoms. The van der Waals surface area contributed by atoms with Crippen molar-refractivity contribution in [2.75, 3.05) is 13.1 Å². The van der Waals surface area contributed by atoms with Gasteiger partial charge in [-0.3, -0.25) is 0 Å². The van der Waals surface area contributed by atoms with Gasteiger partial charge in [0.1, 0.15) is 5.82 Å². The van der Waals surface area contributed by atoms with E-state index in [4.69, 9.17) is 5.11 Å². The van der Waals surface area contributed by atoms with Crippen molar-refractivity contribution < 1.29 is 9.90 Å². The number of hydrogen-bond donors (Lipinski definition) is 1. The fourth-order valence-electron chi connectivity index (χ4n) is 3.07. The molecule has 7 nitrogen and oxygen atoms in total. The molecule has 3 rings (SSSR count). The minimum Gasteiger partial charge on any atom is -0.465 e. The number of carboxylic acid groups (broad SMARTS) is 1. The van der Waals surface area contributed by atoms with Gasteiger partial charge in [-0.1, -0.05) is 0 Å². The van der Waals surface area contributed by atoms with Gasteiger partial charge in [-0.15, -0.1) is 0 Å². The smallest absolute Gasteiger partial charge is 0.407 e. The number of amides is 1. The topological polar surface area (TPSA) is 83.6 Å². The van der Waals surface area contributed by atoms with E-state index in [1.54, 1.807) is 4.52 Å². The summed E-state index contributed by atoms with van der Waals surface area (Å²) in [6, 6.07) is 0. The molecule has 0 saturated carbocycles. The first-order valence-electron chi connectivity index (χ1n) is 7.13. The maximum Gasteiger partial charge on any atom is 0.407 e. The molecule has 112 valence electrons. The number of hydrogen-bond acceptors (Lipinski definition) is 4. The number of fused-ring (bicyclic) bond motifs is 1. The number of carbonyl (C=O) groups is 1. The number of nitrogens with zero attached hydrogens (tertiary/aromatic N) is 5. The van der Waals surface area contributed by atoms with Crippen LogP contribution in [0.15, 0.2) is 0 Å². The number of aromatic nitrogens is 4. The summed E-state index contributed by atoms with van der Waals surface area (Å²) in [5.41, 5.74) is 3.16. The lowest BCUT2D eigenvalue weighted by atomic mass is 9.96. The van der Waals surface area contributed by atoms with E-state index in [0.29, 0.717) is 30.6 Å². The lowest BCUT2D eigenvalue weighted by Crippen LogP contribution is -2.27. The quantitative estimate of drug-likeness (QED) is 0.907. The molecular weight excluding hydrogens is 270 g/mol. The summed E-state index contributed by atoms with van der Waals surface area (Å²) >= 11 is 0. The lowest BCUT2D eigenvalue weighted by molar-refractivity contribution is 0.154. The standard InChI is InChI=1S/C14H19N5O2/c1-8-12(6-11-4-5-18(7-11)14(20)21)9(2)19-13(15-8)16-10(3)17-19/h11H,4-7H2,1-3H3,(H,20,21). The van der Waals surface area contributed by atoms with Crippen LogP contribution in [0.2, 0.25) is 0 Å². The molecule has 0 aromatic carbocycles. The summed E-state index contributed by atoms with van der Waals surface area (Å²) in [5, 5.41) is 13.4. The molecule has 2 aromatic heterocycles. The Morgan fingerprint density at radius 3 is 2.76 bits per heavy atom. The first-order valence-corrected chi connectivity index (χ1v) is 7.13. The van der Waals surface area contributed by atoms with Crippen molar-refractivity contribution in [1.82, 2.24) is 24.5 Å². The van der Waals surface area contributed by atoms with Gasteiger partial charge in [0.05, 0.1) is 0 Å². The average Bonchev–Trinajstić information content (AvgIpc) is 3.01. The van der Waals surface area contributed by atoms with Crippen LogP contribution < -0.4 is 0 Å². The Bertz CT molecular complexity index is 709. The Labute approximate surface area is 122 Å². The normalized spacial score (nSPS) is 18.6. The Morgan fingerprint density at radius 2 is 2.10 bits per heavy atom. The van der Waals surface area contributed by atoms with E-state index in [1.165, 1.54) is 4.90 Å². The highest BCUT2D eigenvalue weighted by Crippen LogP contribution is 2.24. The summed E-state index contributed by atoms with van der Waals surface area (Å²) < 4.78 is 1.78. The van der Waals surface area contributed by atoms with Crippen LogP contribution >= 0.6 is 0 Å². The maximum atomic E-state index is 11.0. The van der Waals surface area contributed by atoms with E-state index in [-0.39, 0.29) is 0 Å². The van der Waals surface area contributed by atoms with Crippen LogP contribution in [-0.4, -0.2) is 48.8 Å². The fourth-order valence-corrected chi connectivity index (χ4v) is 3.07. The zero-order chi connectivity index (χ0) is 15.1. The number of aryl methyl sites for hydroxylation is 3. The van der Waals surface area contributed by atoms with Gasteiger partial charge in [0, 0.05) is 24.5 Å². The van der Waals surface area contributed by atoms with Gasteiger partial charge in [0.25, 0.3) is 5.78 Å². The van der Waals surface area contributed by atoms with Gasteiger partial charge >= 0.3 is 6.09 Å². The molecule has 1 amide bonds. The Balaban J connectivity index is 1.89. The third-order valence-corrected chi connectivity index (χ3v) is 4.20. The zero-order valence-electron chi connectivity index (χ0n) is 12.5. The van der Waals surface area contributed by atoms with E-state index >= 15 is 0 Å². The van der Waals surface area contributed by atoms with Crippen LogP contribution in [-0.2, 0) is 6.42 Å². The number of likely N-dealkylation sites (tertiary alicyclic amines) is 1. The fraction of sp³-hybridized carbons (Fsp3) is 0.571. The molecule has 3 heterocycles. The van der Waals surface area contributed by atoms with Crippen molar-refractivity contribution in [2.45, 2.75) is 33.6 Å². The third-order valence-electron chi connectivity index (χ3n) is 4.20. The first kappa shape index (κ1) is 13.8. The molecule has 7 heteroatoms. The zero-order valence-corrected chi connectivity index (χ0v) is 12.5. The van der Waals surface area contributed by atoms with Crippen LogP contribution in [0, 0.1) is 26.7 Å². The van der Waals surface area contributed by atoms with E-state index < -0.39 is 6.09 Å². The predicted molar refractivity (Wildman–Crippen MR) is 76.4 cm³/mol. The molecule has 1 fully saturated rings. The Kier molecular flexibility index (Phi) is 3.27. The van der Waals surface area contributed by atoms with Crippen LogP contribution in [0.1, 0.15) is 29.2 Å². The van der Waals surface area contributed by atoms with E-state index in [0.717, 1.165) is 29.8 Å². The van der Waals surface area contributed by atoms with Crippen LogP contribution in [0.5, 0.6) is 0 Å². The van der Waals surface area contributed by atoms with Crippen molar-refractivity contribution in [3.63, 3.8) is 0 Å². The molecule has 2 aromatic rings. The second-order valence-corrected chi connectivity index (χ2v) is 5.72. The molecule has 1 N–H and O–H groups in total. The van der Waals surface area contributed by atoms with Crippen molar-refractivity contribution >= 4 is 11.9 Å². The molecule has 21 heavy (non-hydrogen) atoms. The van der Waals surface area contributed by atoms with Crippen LogP contribution in [0.3, 0.4) is 0 Å². The molecule has 0 radical (unpaired) electrons. The molecule has 0 bridgehead atoms. The first-order chi connectivity index (χ1) is 9.95. The minimum atomic E-state index is -0.827. The highest BCUT2D eigenvalue weighted by Gasteiger charge is 2.27. The number of rotatable bonds is 2. The van der Waals surface area contributed by atoms with Gasteiger partial charge in [-0.2, -0.15) is 10.1 Å². The predicted octanol–water partition coefficient (Wildman–Crippen LogP) is 1.59. The van der Waals surface area contributed by atoms with Crippen molar-refractivity contribution in [2.24, 2.45) is 5.92 Å².